The van der Waals surface area contributed by atoms with Gasteiger partial charge < -0.3 is 9.32 Å². The highest BCUT2D eigenvalue weighted by Gasteiger charge is 2.41. The van der Waals surface area contributed by atoms with Gasteiger partial charge in [0.1, 0.15) is 11.7 Å². The van der Waals surface area contributed by atoms with Crippen molar-refractivity contribution < 1.29 is 9.21 Å². The van der Waals surface area contributed by atoms with Gasteiger partial charge >= 0.3 is 0 Å². The second kappa shape index (κ2) is 7.17. The standard InChI is InChI=1S/C24H25NO2S/c1-16-9-11-18(12-10-16)28-20-8-6-5-7-19(20)21-22-17(13-14-27-22)15-25(23(21)26)24(2,3)4/h5-14,21H,15H2,1-4H3. The Hall–Kier alpha value is -2.46. The number of hydrogen-bond donors (Lipinski definition) is 0. The van der Waals surface area contributed by atoms with Crippen molar-refractivity contribution in [2.45, 2.75) is 55.5 Å². The average molecular weight is 392 g/mol. The summed E-state index contributed by atoms with van der Waals surface area (Å²) in [6.07, 6.45) is 1.70. The summed E-state index contributed by atoms with van der Waals surface area (Å²) in [6, 6.07) is 18.6. The Morgan fingerprint density at radius 1 is 1.04 bits per heavy atom. The predicted molar refractivity (Wildman–Crippen MR) is 113 cm³/mol. The number of hydrogen-bond acceptors (Lipinski definition) is 3. The zero-order valence-corrected chi connectivity index (χ0v) is 17.5. The van der Waals surface area contributed by atoms with Crippen LogP contribution < -0.4 is 0 Å². The molecule has 3 aromatic rings. The molecule has 0 spiro atoms. The molecule has 0 N–H and O–H groups in total. The van der Waals surface area contributed by atoms with Gasteiger partial charge in [-0.3, -0.25) is 4.79 Å². The van der Waals surface area contributed by atoms with Crippen molar-refractivity contribution in [1.82, 2.24) is 4.90 Å². The summed E-state index contributed by atoms with van der Waals surface area (Å²) in [5.41, 5.74) is 3.09. The lowest BCUT2D eigenvalue weighted by molar-refractivity contribution is -0.139. The predicted octanol–water partition coefficient (Wildman–Crippen LogP) is 6.01. The Kier molecular flexibility index (Phi) is 4.84. The fourth-order valence-electron chi connectivity index (χ4n) is 3.63. The molecule has 1 aliphatic heterocycles. The van der Waals surface area contributed by atoms with E-state index in [0.717, 1.165) is 26.7 Å². The van der Waals surface area contributed by atoms with Crippen LogP contribution in [0.25, 0.3) is 0 Å². The Morgan fingerprint density at radius 3 is 2.46 bits per heavy atom. The number of benzene rings is 2. The molecule has 1 amide bonds. The van der Waals surface area contributed by atoms with Crippen LogP contribution in [-0.4, -0.2) is 16.3 Å². The van der Waals surface area contributed by atoms with Crippen LogP contribution in [0.3, 0.4) is 0 Å². The number of rotatable bonds is 3. The first-order valence-corrected chi connectivity index (χ1v) is 10.4. The van der Waals surface area contributed by atoms with Gasteiger partial charge in [-0.25, -0.2) is 0 Å². The van der Waals surface area contributed by atoms with E-state index >= 15 is 0 Å². The molecule has 1 aliphatic rings. The Balaban J connectivity index is 1.78. The molecule has 3 nitrogen and oxygen atoms in total. The molecule has 28 heavy (non-hydrogen) atoms. The Labute approximate surface area is 170 Å². The minimum atomic E-state index is -0.410. The molecule has 0 fully saturated rings. The summed E-state index contributed by atoms with van der Waals surface area (Å²) in [7, 11) is 0. The molecule has 1 aromatic heterocycles. The fourth-order valence-corrected chi connectivity index (χ4v) is 4.61. The molecule has 2 aromatic carbocycles. The van der Waals surface area contributed by atoms with Gasteiger partial charge in [-0.1, -0.05) is 47.7 Å². The van der Waals surface area contributed by atoms with Crippen LogP contribution in [0.2, 0.25) is 0 Å². The molecular weight excluding hydrogens is 366 g/mol. The third-order valence-corrected chi connectivity index (χ3v) is 6.27. The number of nitrogens with zero attached hydrogens (tertiary/aromatic N) is 1. The maximum Gasteiger partial charge on any atom is 0.238 e. The molecule has 2 heterocycles. The number of furan rings is 1. The smallest absolute Gasteiger partial charge is 0.238 e. The van der Waals surface area contributed by atoms with Gasteiger partial charge in [-0.05, 0) is 57.5 Å². The lowest BCUT2D eigenvalue weighted by atomic mass is 9.87. The van der Waals surface area contributed by atoms with Crippen LogP contribution in [0.5, 0.6) is 0 Å². The summed E-state index contributed by atoms with van der Waals surface area (Å²) in [5.74, 6) is 0.474. The highest BCUT2D eigenvalue weighted by atomic mass is 32.2. The zero-order chi connectivity index (χ0) is 19.9. The summed E-state index contributed by atoms with van der Waals surface area (Å²) >= 11 is 1.69. The minimum Gasteiger partial charge on any atom is -0.468 e. The van der Waals surface area contributed by atoms with Crippen molar-refractivity contribution in [1.29, 1.82) is 0 Å². The third kappa shape index (κ3) is 3.49. The maximum absolute atomic E-state index is 13.5. The van der Waals surface area contributed by atoms with Crippen LogP contribution in [0, 0.1) is 6.92 Å². The lowest BCUT2D eigenvalue weighted by Gasteiger charge is -2.41. The van der Waals surface area contributed by atoms with E-state index in [1.165, 1.54) is 5.56 Å². The number of fused-ring (bicyclic) bond motifs is 1. The number of amides is 1. The van der Waals surface area contributed by atoms with E-state index in [-0.39, 0.29) is 11.4 Å². The van der Waals surface area contributed by atoms with Crippen molar-refractivity contribution in [2.75, 3.05) is 0 Å². The molecule has 0 saturated carbocycles. The lowest BCUT2D eigenvalue weighted by Crippen LogP contribution is -2.49. The van der Waals surface area contributed by atoms with E-state index < -0.39 is 5.92 Å². The van der Waals surface area contributed by atoms with Crippen molar-refractivity contribution in [3.63, 3.8) is 0 Å². The van der Waals surface area contributed by atoms with Crippen LogP contribution in [-0.2, 0) is 11.3 Å². The number of carbonyl (C=O) groups excluding carboxylic acids is 1. The van der Waals surface area contributed by atoms with Crippen molar-refractivity contribution >= 4 is 17.7 Å². The monoisotopic (exact) mass is 391 g/mol. The molecule has 4 rings (SSSR count). The summed E-state index contributed by atoms with van der Waals surface area (Å²) < 4.78 is 5.82. The first-order chi connectivity index (χ1) is 13.3. The summed E-state index contributed by atoms with van der Waals surface area (Å²) in [6.45, 7) is 8.93. The topological polar surface area (TPSA) is 33.5 Å². The first kappa shape index (κ1) is 18.9. The first-order valence-electron chi connectivity index (χ1n) is 9.56. The molecule has 0 bridgehead atoms. The molecule has 0 aliphatic carbocycles. The highest BCUT2D eigenvalue weighted by Crippen LogP contribution is 2.42. The number of carbonyl (C=O) groups is 1. The minimum absolute atomic E-state index is 0.104. The van der Waals surface area contributed by atoms with E-state index in [1.54, 1.807) is 18.0 Å². The van der Waals surface area contributed by atoms with Gasteiger partial charge in [-0.2, -0.15) is 0 Å². The van der Waals surface area contributed by atoms with Gasteiger partial charge in [0.15, 0.2) is 0 Å². The molecule has 1 unspecified atom stereocenters. The molecular formula is C24H25NO2S. The van der Waals surface area contributed by atoms with Crippen molar-refractivity contribution in [2.24, 2.45) is 0 Å². The zero-order valence-electron chi connectivity index (χ0n) is 16.7. The van der Waals surface area contributed by atoms with E-state index in [1.807, 2.05) is 23.1 Å². The Morgan fingerprint density at radius 2 is 1.75 bits per heavy atom. The second-order valence-corrected chi connectivity index (χ2v) is 9.41. The van der Waals surface area contributed by atoms with Gasteiger partial charge in [0.25, 0.3) is 0 Å². The largest absolute Gasteiger partial charge is 0.468 e. The second-order valence-electron chi connectivity index (χ2n) is 8.29. The van der Waals surface area contributed by atoms with E-state index in [0.29, 0.717) is 6.54 Å². The molecule has 0 saturated heterocycles. The van der Waals surface area contributed by atoms with Crippen molar-refractivity contribution in [3.8, 4) is 0 Å². The summed E-state index contributed by atoms with van der Waals surface area (Å²) in [5, 5.41) is 0. The van der Waals surface area contributed by atoms with E-state index in [4.69, 9.17) is 4.42 Å². The maximum atomic E-state index is 13.5. The van der Waals surface area contributed by atoms with Crippen molar-refractivity contribution in [3.05, 3.63) is 83.3 Å². The molecule has 0 radical (unpaired) electrons. The highest BCUT2D eigenvalue weighted by molar-refractivity contribution is 7.99. The van der Waals surface area contributed by atoms with Gasteiger partial charge in [0, 0.05) is 27.4 Å². The van der Waals surface area contributed by atoms with E-state index in [2.05, 4.69) is 64.1 Å². The normalized spacial score (nSPS) is 16.9. The quantitative estimate of drug-likeness (QED) is 0.548. The van der Waals surface area contributed by atoms with Gasteiger partial charge in [0.2, 0.25) is 5.91 Å². The third-order valence-electron chi connectivity index (χ3n) is 5.17. The van der Waals surface area contributed by atoms with Gasteiger partial charge in [-0.15, -0.1) is 0 Å². The van der Waals surface area contributed by atoms with Crippen LogP contribution in [0.15, 0.2) is 75.1 Å². The molecule has 144 valence electrons. The summed E-state index contributed by atoms with van der Waals surface area (Å²) in [4.78, 5) is 17.7. The molecule has 1 atom stereocenters. The van der Waals surface area contributed by atoms with Crippen LogP contribution in [0.1, 0.15) is 49.1 Å². The molecule has 4 heteroatoms. The fraction of sp³-hybridized carbons (Fsp3) is 0.292. The average Bonchev–Trinajstić information content (AvgIpc) is 3.11. The SMILES string of the molecule is Cc1ccc(Sc2ccccc2C2C(=O)N(C(C)(C)C)Cc3ccoc32)cc1. The van der Waals surface area contributed by atoms with E-state index in [9.17, 15) is 4.79 Å². The van der Waals surface area contributed by atoms with Gasteiger partial charge in [0.05, 0.1) is 6.26 Å². The van der Waals surface area contributed by atoms with Crippen LogP contribution in [0.4, 0.5) is 0 Å². The van der Waals surface area contributed by atoms with Crippen LogP contribution >= 0.6 is 11.8 Å². The number of aryl methyl sites for hydroxylation is 1. The Bertz CT molecular complexity index is 998.